The van der Waals surface area contributed by atoms with Gasteiger partial charge in [0.05, 0.1) is 11.1 Å². The number of pyridine rings is 1. The molecule has 2 rings (SSSR count). The predicted octanol–water partition coefficient (Wildman–Crippen LogP) is 2.56. The highest BCUT2D eigenvalue weighted by molar-refractivity contribution is 5.99. The van der Waals surface area contributed by atoms with Gasteiger partial charge in [0.2, 0.25) is 0 Å². The molecule has 0 aliphatic heterocycles. The molecule has 2 aromatic heterocycles. The highest BCUT2D eigenvalue weighted by Crippen LogP contribution is 2.21. The second-order valence-electron chi connectivity index (χ2n) is 4.17. The zero-order valence-electron chi connectivity index (χ0n) is 9.90. The summed E-state index contributed by atoms with van der Waals surface area (Å²) >= 11 is 0. The Balaban J connectivity index is 2.50. The molecule has 17 heavy (non-hydrogen) atoms. The Labute approximate surface area is 98.9 Å². The molecular formula is C12H15N3O2. The number of hydrogen-bond donors (Lipinski definition) is 2. The van der Waals surface area contributed by atoms with Crippen LogP contribution in [-0.2, 0) is 0 Å². The Kier molecular flexibility index (Phi) is 3.08. The first kappa shape index (κ1) is 11.6. The van der Waals surface area contributed by atoms with E-state index in [1.807, 2.05) is 0 Å². The van der Waals surface area contributed by atoms with Crippen LogP contribution in [0.1, 0.15) is 48.8 Å². The number of carbonyl (C=O) groups is 1. The maximum Gasteiger partial charge on any atom is 0.338 e. The van der Waals surface area contributed by atoms with Crippen LogP contribution in [-0.4, -0.2) is 26.0 Å². The topological polar surface area (TPSA) is 78.9 Å². The van der Waals surface area contributed by atoms with Crippen molar-refractivity contribution in [1.29, 1.82) is 0 Å². The molecule has 0 aliphatic carbocycles. The number of imidazole rings is 1. The number of rotatable bonds is 4. The summed E-state index contributed by atoms with van der Waals surface area (Å²) in [6.07, 6.45) is 3.56. The van der Waals surface area contributed by atoms with Crippen LogP contribution in [0.25, 0.3) is 11.2 Å². The number of aromatic carboxylic acids is 1. The number of fused-ring (bicyclic) bond motifs is 1. The molecule has 0 amide bonds. The standard InChI is InChI=1S/C12H15N3O2/c1-3-4-7(2)10-14-9-8(12(16)17)5-6-13-11(9)15-10/h5-7H,3-4H2,1-2H3,(H,16,17)(H,13,14,15). The molecule has 90 valence electrons. The van der Waals surface area contributed by atoms with Gasteiger partial charge >= 0.3 is 5.97 Å². The first-order chi connectivity index (χ1) is 8.13. The average molecular weight is 233 g/mol. The maximum atomic E-state index is 11.0. The van der Waals surface area contributed by atoms with E-state index >= 15 is 0 Å². The number of aromatic amines is 1. The summed E-state index contributed by atoms with van der Waals surface area (Å²) in [6, 6.07) is 1.48. The van der Waals surface area contributed by atoms with Crippen LogP contribution in [0.2, 0.25) is 0 Å². The minimum absolute atomic E-state index is 0.220. The van der Waals surface area contributed by atoms with Crippen LogP contribution in [0.5, 0.6) is 0 Å². The number of carboxylic acids is 1. The molecule has 2 N–H and O–H groups in total. The molecule has 0 saturated heterocycles. The molecule has 0 aromatic carbocycles. The van der Waals surface area contributed by atoms with Crippen molar-refractivity contribution >= 4 is 17.1 Å². The smallest absolute Gasteiger partial charge is 0.338 e. The van der Waals surface area contributed by atoms with Gasteiger partial charge in [0.25, 0.3) is 0 Å². The van der Waals surface area contributed by atoms with E-state index in [-0.39, 0.29) is 11.5 Å². The van der Waals surface area contributed by atoms with Crippen LogP contribution in [0.3, 0.4) is 0 Å². The lowest BCUT2D eigenvalue weighted by Crippen LogP contribution is -1.98. The highest BCUT2D eigenvalue weighted by Gasteiger charge is 2.15. The quantitative estimate of drug-likeness (QED) is 0.850. The molecule has 0 aliphatic rings. The van der Waals surface area contributed by atoms with Crippen molar-refractivity contribution in [3.63, 3.8) is 0 Å². The molecule has 2 heterocycles. The van der Waals surface area contributed by atoms with Gasteiger partial charge in [0, 0.05) is 12.1 Å². The molecule has 5 heteroatoms. The summed E-state index contributed by atoms with van der Waals surface area (Å²) in [5, 5.41) is 9.06. The van der Waals surface area contributed by atoms with E-state index in [0.29, 0.717) is 11.2 Å². The normalized spacial score (nSPS) is 12.8. The van der Waals surface area contributed by atoms with Gasteiger partial charge in [-0.05, 0) is 12.5 Å². The number of carboxylic acid groups (broad SMARTS) is 1. The zero-order valence-corrected chi connectivity index (χ0v) is 9.90. The highest BCUT2D eigenvalue weighted by atomic mass is 16.4. The Bertz CT molecular complexity index is 548. The van der Waals surface area contributed by atoms with Crippen molar-refractivity contribution in [3.8, 4) is 0 Å². The van der Waals surface area contributed by atoms with Gasteiger partial charge in [-0.15, -0.1) is 0 Å². The van der Waals surface area contributed by atoms with Gasteiger partial charge < -0.3 is 10.1 Å². The van der Waals surface area contributed by atoms with Crippen LogP contribution in [0.4, 0.5) is 0 Å². The molecule has 2 aromatic rings. The van der Waals surface area contributed by atoms with Crippen molar-refractivity contribution in [2.75, 3.05) is 0 Å². The van der Waals surface area contributed by atoms with Crippen molar-refractivity contribution in [3.05, 3.63) is 23.7 Å². The summed E-state index contributed by atoms with van der Waals surface area (Å²) in [5.74, 6) is 0.134. The third kappa shape index (κ3) is 2.13. The monoisotopic (exact) mass is 233 g/mol. The molecule has 0 bridgehead atoms. The first-order valence-electron chi connectivity index (χ1n) is 5.71. The first-order valence-corrected chi connectivity index (χ1v) is 5.71. The third-order valence-corrected chi connectivity index (χ3v) is 2.83. The Morgan fingerprint density at radius 1 is 1.59 bits per heavy atom. The van der Waals surface area contributed by atoms with Gasteiger partial charge in [0.1, 0.15) is 5.82 Å². The summed E-state index contributed by atoms with van der Waals surface area (Å²) in [7, 11) is 0. The van der Waals surface area contributed by atoms with E-state index in [2.05, 4.69) is 28.8 Å². The molecule has 5 nitrogen and oxygen atoms in total. The van der Waals surface area contributed by atoms with Gasteiger partial charge in [0.15, 0.2) is 5.65 Å². The van der Waals surface area contributed by atoms with E-state index in [9.17, 15) is 4.79 Å². The van der Waals surface area contributed by atoms with Crippen LogP contribution < -0.4 is 0 Å². The summed E-state index contributed by atoms with van der Waals surface area (Å²) in [6.45, 7) is 4.18. The van der Waals surface area contributed by atoms with Gasteiger partial charge in [-0.2, -0.15) is 0 Å². The number of aromatic nitrogens is 3. The Hall–Kier alpha value is -1.91. The SMILES string of the molecule is CCCC(C)c1nc2nccc(C(=O)O)c2[nH]1. The van der Waals surface area contributed by atoms with Crippen molar-refractivity contribution in [2.45, 2.75) is 32.6 Å². The number of H-pyrrole nitrogens is 1. The second kappa shape index (κ2) is 4.53. The molecule has 0 spiro atoms. The molecule has 1 atom stereocenters. The van der Waals surface area contributed by atoms with E-state index in [1.54, 1.807) is 0 Å². The number of hydrogen-bond acceptors (Lipinski definition) is 3. The summed E-state index contributed by atoms with van der Waals surface area (Å²) in [5.41, 5.74) is 1.21. The predicted molar refractivity (Wildman–Crippen MR) is 64.2 cm³/mol. The fourth-order valence-electron chi connectivity index (χ4n) is 1.91. The minimum atomic E-state index is -0.962. The zero-order chi connectivity index (χ0) is 12.4. The van der Waals surface area contributed by atoms with Gasteiger partial charge in [-0.25, -0.2) is 14.8 Å². The molecule has 0 radical (unpaired) electrons. The van der Waals surface area contributed by atoms with Crippen LogP contribution >= 0.6 is 0 Å². The lowest BCUT2D eigenvalue weighted by molar-refractivity contribution is 0.0698. The fourth-order valence-corrected chi connectivity index (χ4v) is 1.91. The lowest BCUT2D eigenvalue weighted by atomic mass is 10.1. The lowest BCUT2D eigenvalue weighted by Gasteiger charge is -2.04. The van der Waals surface area contributed by atoms with Crippen molar-refractivity contribution in [2.24, 2.45) is 0 Å². The Morgan fingerprint density at radius 3 is 3.00 bits per heavy atom. The molecule has 0 fully saturated rings. The molecular weight excluding hydrogens is 218 g/mol. The number of nitrogens with one attached hydrogen (secondary N) is 1. The maximum absolute atomic E-state index is 11.0. The minimum Gasteiger partial charge on any atom is -0.478 e. The third-order valence-electron chi connectivity index (χ3n) is 2.83. The van der Waals surface area contributed by atoms with E-state index < -0.39 is 5.97 Å². The van der Waals surface area contributed by atoms with Crippen molar-refractivity contribution < 1.29 is 9.90 Å². The molecule has 0 saturated carbocycles. The second-order valence-corrected chi connectivity index (χ2v) is 4.17. The molecule has 1 unspecified atom stereocenters. The van der Waals surface area contributed by atoms with E-state index in [0.717, 1.165) is 18.7 Å². The van der Waals surface area contributed by atoms with Gasteiger partial charge in [-0.3, -0.25) is 0 Å². The van der Waals surface area contributed by atoms with Gasteiger partial charge in [-0.1, -0.05) is 20.3 Å². The van der Waals surface area contributed by atoms with Crippen LogP contribution in [0, 0.1) is 0 Å². The Morgan fingerprint density at radius 2 is 2.35 bits per heavy atom. The van der Waals surface area contributed by atoms with Crippen LogP contribution in [0.15, 0.2) is 12.3 Å². The number of nitrogens with zero attached hydrogens (tertiary/aromatic N) is 2. The average Bonchev–Trinajstić information content (AvgIpc) is 2.72. The largest absolute Gasteiger partial charge is 0.478 e. The fraction of sp³-hybridized carbons (Fsp3) is 0.417. The van der Waals surface area contributed by atoms with Crippen molar-refractivity contribution in [1.82, 2.24) is 15.0 Å². The summed E-state index contributed by atoms with van der Waals surface area (Å²) < 4.78 is 0. The van der Waals surface area contributed by atoms with E-state index in [1.165, 1.54) is 12.3 Å². The summed E-state index contributed by atoms with van der Waals surface area (Å²) in [4.78, 5) is 22.5. The van der Waals surface area contributed by atoms with E-state index in [4.69, 9.17) is 5.11 Å².